The fourth-order valence-electron chi connectivity index (χ4n) is 2.03. The van der Waals surface area contributed by atoms with E-state index in [1.165, 1.54) is 0 Å². The van der Waals surface area contributed by atoms with Gasteiger partial charge in [0.25, 0.3) is 0 Å². The molecule has 1 aromatic carbocycles. The molecule has 1 heterocycles. The molecular formula is C17H22N2O3. The summed E-state index contributed by atoms with van der Waals surface area (Å²) in [6, 6.07) is 9.85. The van der Waals surface area contributed by atoms with E-state index < -0.39 is 0 Å². The lowest BCUT2D eigenvalue weighted by atomic mass is 10.2. The van der Waals surface area contributed by atoms with Gasteiger partial charge >= 0.3 is 0 Å². The largest absolute Gasteiger partial charge is 0.493 e. The summed E-state index contributed by atoms with van der Waals surface area (Å²) in [5, 5.41) is 12.2. The Labute approximate surface area is 130 Å². The van der Waals surface area contributed by atoms with Gasteiger partial charge in [-0.15, -0.1) is 0 Å². The van der Waals surface area contributed by atoms with Crippen LogP contribution in [0, 0.1) is 6.92 Å². The monoisotopic (exact) mass is 302 g/mol. The normalized spacial score (nSPS) is 10.5. The molecule has 2 rings (SSSR count). The topological polar surface area (TPSA) is 63.6 Å². The molecular weight excluding hydrogens is 280 g/mol. The van der Waals surface area contributed by atoms with E-state index in [4.69, 9.17) is 14.6 Å². The molecule has 5 nitrogen and oxygen atoms in total. The number of aromatic nitrogens is 1. The highest BCUT2D eigenvalue weighted by molar-refractivity contribution is 5.42. The van der Waals surface area contributed by atoms with Crippen LogP contribution in [0.2, 0.25) is 0 Å². The zero-order valence-corrected chi connectivity index (χ0v) is 13.0. The van der Waals surface area contributed by atoms with Crippen LogP contribution in [0.1, 0.15) is 16.8 Å². The Morgan fingerprint density at radius 2 is 2.00 bits per heavy atom. The summed E-state index contributed by atoms with van der Waals surface area (Å²) in [6.07, 6.45) is 1.87. The van der Waals surface area contributed by atoms with Crippen molar-refractivity contribution >= 4 is 0 Å². The van der Waals surface area contributed by atoms with E-state index >= 15 is 0 Å². The maximum atomic E-state index is 8.81. The number of aliphatic hydroxyl groups excluding tert-OH is 1. The third kappa shape index (κ3) is 4.72. The Bertz CT molecular complexity index is 585. The van der Waals surface area contributed by atoms with E-state index in [-0.39, 0.29) is 13.2 Å². The number of methoxy groups -OCH3 is 1. The van der Waals surface area contributed by atoms with Crippen molar-refractivity contribution in [3.63, 3.8) is 0 Å². The van der Waals surface area contributed by atoms with Crippen LogP contribution < -0.4 is 14.8 Å². The number of hydrogen-bond acceptors (Lipinski definition) is 5. The molecule has 0 spiro atoms. The van der Waals surface area contributed by atoms with Crippen molar-refractivity contribution in [2.24, 2.45) is 0 Å². The smallest absolute Gasteiger partial charge is 0.161 e. The molecule has 0 radical (unpaired) electrons. The van der Waals surface area contributed by atoms with Crippen LogP contribution in [0.4, 0.5) is 0 Å². The van der Waals surface area contributed by atoms with E-state index in [1.54, 1.807) is 7.11 Å². The van der Waals surface area contributed by atoms with E-state index in [2.05, 4.69) is 16.4 Å². The first kappa shape index (κ1) is 16.3. The van der Waals surface area contributed by atoms with Crippen LogP contribution in [0.5, 0.6) is 11.5 Å². The fraction of sp³-hybridized carbons (Fsp3) is 0.353. The first-order valence-corrected chi connectivity index (χ1v) is 7.25. The number of aryl methyl sites for hydroxylation is 1. The predicted octanol–water partition coefficient (Wildman–Crippen LogP) is 2.06. The molecule has 0 saturated heterocycles. The highest BCUT2D eigenvalue weighted by atomic mass is 16.5. The summed E-state index contributed by atoms with van der Waals surface area (Å²) >= 11 is 0. The van der Waals surface area contributed by atoms with Gasteiger partial charge in [0.1, 0.15) is 6.61 Å². The molecule has 0 saturated carbocycles. The molecule has 0 atom stereocenters. The van der Waals surface area contributed by atoms with Crippen LogP contribution in [-0.2, 0) is 13.1 Å². The summed E-state index contributed by atoms with van der Waals surface area (Å²) in [5.74, 6) is 1.31. The van der Waals surface area contributed by atoms with Crippen molar-refractivity contribution in [3.05, 3.63) is 53.3 Å². The van der Waals surface area contributed by atoms with E-state index in [0.29, 0.717) is 24.6 Å². The molecule has 0 aliphatic heterocycles. The fourth-order valence-corrected chi connectivity index (χ4v) is 2.03. The van der Waals surface area contributed by atoms with Crippen LogP contribution in [0.15, 0.2) is 36.5 Å². The second kappa shape index (κ2) is 8.36. The number of ether oxygens (including phenoxy) is 2. The highest BCUT2D eigenvalue weighted by Crippen LogP contribution is 2.27. The highest BCUT2D eigenvalue weighted by Gasteiger charge is 2.05. The molecule has 0 unspecified atom stereocenters. The molecule has 5 heteroatoms. The second-order valence-electron chi connectivity index (χ2n) is 4.99. The van der Waals surface area contributed by atoms with Crippen LogP contribution in [0.3, 0.4) is 0 Å². The molecule has 1 aromatic heterocycles. The molecule has 2 aromatic rings. The SMILES string of the molecule is COc1cc(CNCc2ccc(C)cn2)ccc1OCCO. The number of aliphatic hydroxyl groups is 1. The zero-order chi connectivity index (χ0) is 15.8. The number of benzene rings is 1. The van der Waals surface area contributed by atoms with Gasteiger partial charge in [0.2, 0.25) is 0 Å². The van der Waals surface area contributed by atoms with Crippen molar-refractivity contribution in [2.45, 2.75) is 20.0 Å². The number of nitrogens with one attached hydrogen (secondary N) is 1. The van der Waals surface area contributed by atoms with Gasteiger partial charge in [0.05, 0.1) is 19.4 Å². The summed E-state index contributed by atoms with van der Waals surface area (Å²) in [4.78, 5) is 4.36. The third-order valence-corrected chi connectivity index (χ3v) is 3.18. The molecule has 0 amide bonds. The van der Waals surface area contributed by atoms with Crippen LogP contribution in [0.25, 0.3) is 0 Å². The lowest BCUT2D eigenvalue weighted by Crippen LogP contribution is -2.13. The Hall–Kier alpha value is -2.11. The molecule has 22 heavy (non-hydrogen) atoms. The van der Waals surface area contributed by atoms with Gasteiger partial charge in [0, 0.05) is 19.3 Å². The quantitative estimate of drug-likeness (QED) is 0.781. The van der Waals surface area contributed by atoms with Gasteiger partial charge < -0.3 is 19.9 Å². The van der Waals surface area contributed by atoms with Crippen molar-refractivity contribution in [1.29, 1.82) is 0 Å². The predicted molar refractivity (Wildman–Crippen MR) is 85.1 cm³/mol. The number of rotatable bonds is 8. The van der Waals surface area contributed by atoms with Crippen molar-refractivity contribution in [2.75, 3.05) is 20.3 Å². The number of nitrogens with zero attached hydrogens (tertiary/aromatic N) is 1. The zero-order valence-electron chi connectivity index (χ0n) is 13.0. The van der Waals surface area contributed by atoms with E-state index in [0.717, 1.165) is 16.8 Å². The van der Waals surface area contributed by atoms with Gasteiger partial charge in [-0.2, -0.15) is 0 Å². The van der Waals surface area contributed by atoms with Crippen LogP contribution in [-0.4, -0.2) is 30.4 Å². The Morgan fingerprint density at radius 3 is 2.68 bits per heavy atom. The van der Waals surface area contributed by atoms with Gasteiger partial charge in [-0.1, -0.05) is 12.1 Å². The molecule has 118 valence electrons. The molecule has 2 N–H and O–H groups in total. The van der Waals surface area contributed by atoms with Gasteiger partial charge in [0.15, 0.2) is 11.5 Å². The molecule has 0 fully saturated rings. The molecule has 0 aliphatic carbocycles. The van der Waals surface area contributed by atoms with Crippen molar-refractivity contribution < 1.29 is 14.6 Å². The number of pyridine rings is 1. The standard InChI is InChI=1S/C17H22N2O3/c1-13-3-5-15(19-10-13)12-18-11-14-4-6-16(22-8-7-20)17(9-14)21-2/h3-6,9-10,18,20H,7-8,11-12H2,1-2H3. The molecule has 0 aliphatic rings. The molecule has 0 bridgehead atoms. The maximum Gasteiger partial charge on any atom is 0.161 e. The summed E-state index contributed by atoms with van der Waals surface area (Å²) in [7, 11) is 1.61. The van der Waals surface area contributed by atoms with Gasteiger partial charge in [-0.05, 0) is 36.2 Å². The first-order chi connectivity index (χ1) is 10.7. The minimum atomic E-state index is -0.0178. The Kier molecular flexibility index (Phi) is 6.18. The maximum absolute atomic E-state index is 8.81. The van der Waals surface area contributed by atoms with Gasteiger partial charge in [-0.25, -0.2) is 0 Å². The lowest BCUT2D eigenvalue weighted by molar-refractivity contribution is 0.196. The van der Waals surface area contributed by atoms with E-state index in [1.807, 2.05) is 37.4 Å². The summed E-state index contributed by atoms with van der Waals surface area (Å²) in [5.41, 5.74) is 3.27. The minimum absolute atomic E-state index is 0.0178. The first-order valence-electron chi connectivity index (χ1n) is 7.25. The number of hydrogen-bond donors (Lipinski definition) is 2. The average molecular weight is 302 g/mol. The Balaban J connectivity index is 1.90. The second-order valence-corrected chi connectivity index (χ2v) is 4.99. The summed E-state index contributed by atoms with van der Waals surface area (Å²) in [6.45, 7) is 3.69. The lowest BCUT2D eigenvalue weighted by Gasteiger charge is -2.12. The van der Waals surface area contributed by atoms with Crippen LogP contribution >= 0.6 is 0 Å². The minimum Gasteiger partial charge on any atom is -0.493 e. The third-order valence-electron chi connectivity index (χ3n) is 3.18. The summed E-state index contributed by atoms with van der Waals surface area (Å²) < 4.78 is 10.7. The van der Waals surface area contributed by atoms with E-state index in [9.17, 15) is 0 Å². The van der Waals surface area contributed by atoms with Crippen molar-refractivity contribution in [3.8, 4) is 11.5 Å². The van der Waals surface area contributed by atoms with Crippen molar-refractivity contribution in [1.82, 2.24) is 10.3 Å². The average Bonchev–Trinajstić information content (AvgIpc) is 2.55. The van der Waals surface area contributed by atoms with Gasteiger partial charge in [-0.3, -0.25) is 4.98 Å². The Morgan fingerprint density at radius 1 is 1.14 bits per heavy atom.